The molecular formula is C22H28O4. The molecule has 0 saturated carbocycles. The summed E-state index contributed by atoms with van der Waals surface area (Å²) in [4.78, 5) is 0. The summed E-state index contributed by atoms with van der Waals surface area (Å²) < 4.78 is 5.76. The van der Waals surface area contributed by atoms with Gasteiger partial charge in [0.2, 0.25) is 0 Å². The standard InChI is InChI=1S/C22H28O4/c1-22(2,25)11-4-12-26-21-6-3-5-17(14-21)7-8-18-9-10-19(15-23)20(13-18)16-24/h3,5-10,13-14,23-25H,4,11-12,15-16H2,1-2H3/b8-7+. The molecule has 0 spiro atoms. The van der Waals surface area contributed by atoms with Crippen molar-refractivity contribution in [2.75, 3.05) is 6.61 Å². The van der Waals surface area contributed by atoms with Crippen LogP contribution in [0.15, 0.2) is 42.5 Å². The van der Waals surface area contributed by atoms with Crippen molar-refractivity contribution in [3.05, 3.63) is 64.7 Å². The maximum absolute atomic E-state index is 9.71. The maximum Gasteiger partial charge on any atom is 0.119 e. The normalized spacial score (nSPS) is 11.9. The van der Waals surface area contributed by atoms with Crippen molar-refractivity contribution in [3.63, 3.8) is 0 Å². The molecule has 2 rings (SSSR count). The second kappa shape index (κ2) is 9.53. The first-order chi connectivity index (χ1) is 12.4. The summed E-state index contributed by atoms with van der Waals surface area (Å²) in [6, 6.07) is 13.4. The molecule has 0 aromatic heterocycles. The molecule has 0 aliphatic carbocycles. The lowest BCUT2D eigenvalue weighted by molar-refractivity contribution is 0.0641. The number of hydrogen-bond acceptors (Lipinski definition) is 4. The minimum atomic E-state index is -0.660. The zero-order chi connectivity index (χ0) is 19.0. The molecule has 4 heteroatoms. The minimum Gasteiger partial charge on any atom is -0.494 e. The van der Waals surface area contributed by atoms with Crippen LogP contribution in [0.5, 0.6) is 5.75 Å². The number of aliphatic hydroxyl groups is 3. The Labute approximate surface area is 155 Å². The molecule has 2 aromatic carbocycles. The van der Waals surface area contributed by atoms with E-state index in [0.717, 1.165) is 34.4 Å². The number of aliphatic hydroxyl groups excluding tert-OH is 2. The molecule has 0 unspecified atom stereocenters. The van der Waals surface area contributed by atoms with Crippen LogP contribution in [0.1, 0.15) is 48.9 Å². The van der Waals surface area contributed by atoms with Crippen LogP contribution in [0, 0.1) is 0 Å². The highest BCUT2D eigenvalue weighted by atomic mass is 16.5. The fraction of sp³-hybridized carbons (Fsp3) is 0.364. The number of rotatable bonds is 9. The van der Waals surface area contributed by atoms with Gasteiger partial charge in [-0.15, -0.1) is 0 Å². The highest BCUT2D eigenvalue weighted by Gasteiger charge is 2.11. The Morgan fingerprint density at radius 3 is 2.27 bits per heavy atom. The van der Waals surface area contributed by atoms with Crippen LogP contribution in [0.2, 0.25) is 0 Å². The average Bonchev–Trinajstić information content (AvgIpc) is 2.63. The SMILES string of the molecule is CC(C)(O)CCCOc1cccc(/C=C/c2ccc(CO)c(CO)c2)c1. The summed E-state index contributed by atoms with van der Waals surface area (Å²) >= 11 is 0. The maximum atomic E-state index is 9.71. The third-order valence-corrected chi connectivity index (χ3v) is 4.10. The first-order valence-electron chi connectivity index (χ1n) is 8.88. The van der Waals surface area contributed by atoms with Gasteiger partial charge in [-0.05, 0) is 67.1 Å². The van der Waals surface area contributed by atoms with E-state index in [0.29, 0.717) is 13.0 Å². The van der Waals surface area contributed by atoms with Crippen molar-refractivity contribution in [1.29, 1.82) is 0 Å². The molecule has 0 heterocycles. The zero-order valence-electron chi connectivity index (χ0n) is 15.5. The zero-order valence-corrected chi connectivity index (χ0v) is 15.5. The van der Waals surface area contributed by atoms with E-state index in [9.17, 15) is 15.3 Å². The smallest absolute Gasteiger partial charge is 0.119 e. The molecule has 0 bridgehead atoms. The van der Waals surface area contributed by atoms with E-state index in [1.165, 1.54) is 0 Å². The Morgan fingerprint density at radius 1 is 0.923 bits per heavy atom. The second-order valence-electron chi connectivity index (χ2n) is 7.01. The summed E-state index contributed by atoms with van der Waals surface area (Å²) in [5, 5.41) is 28.3. The average molecular weight is 356 g/mol. The predicted molar refractivity (Wildman–Crippen MR) is 105 cm³/mol. The number of benzene rings is 2. The molecule has 3 N–H and O–H groups in total. The van der Waals surface area contributed by atoms with Crippen molar-refractivity contribution >= 4 is 12.2 Å². The fourth-order valence-electron chi connectivity index (χ4n) is 2.65. The van der Waals surface area contributed by atoms with Crippen LogP contribution in [-0.4, -0.2) is 27.5 Å². The summed E-state index contributed by atoms with van der Waals surface area (Å²) in [5.74, 6) is 0.801. The Bertz CT molecular complexity index is 729. The predicted octanol–water partition coefficient (Wildman–Crippen LogP) is 3.77. The topological polar surface area (TPSA) is 69.9 Å². The number of ether oxygens (including phenoxy) is 1. The molecule has 26 heavy (non-hydrogen) atoms. The minimum absolute atomic E-state index is 0.0767. The monoisotopic (exact) mass is 356 g/mol. The lowest BCUT2D eigenvalue weighted by Crippen LogP contribution is -2.19. The van der Waals surface area contributed by atoms with Crippen LogP contribution in [0.4, 0.5) is 0 Å². The van der Waals surface area contributed by atoms with Gasteiger partial charge in [0.25, 0.3) is 0 Å². The van der Waals surface area contributed by atoms with Gasteiger partial charge in [-0.2, -0.15) is 0 Å². The van der Waals surface area contributed by atoms with E-state index in [-0.39, 0.29) is 13.2 Å². The molecule has 0 amide bonds. The molecule has 0 aliphatic heterocycles. The van der Waals surface area contributed by atoms with Crippen molar-refractivity contribution in [2.24, 2.45) is 0 Å². The molecule has 140 valence electrons. The molecule has 0 fully saturated rings. The van der Waals surface area contributed by atoms with Crippen molar-refractivity contribution in [2.45, 2.75) is 45.5 Å². The Balaban J connectivity index is 1.98. The van der Waals surface area contributed by atoms with Gasteiger partial charge in [-0.1, -0.05) is 36.4 Å². The van der Waals surface area contributed by atoms with E-state index >= 15 is 0 Å². The van der Waals surface area contributed by atoms with Crippen molar-refractivity contribution in [1.82, 2.24) is 0 Å². The Kier molecular flexibility index (Phi) is 7.39. The van der Waals surface area contributed by atoms with E-state index < -0.39 is 5.60 Å². The van der Waals surface area contributed by atoms with E-state index in [1.807, 2.05) is 54.6 Å². The van der Waals surface area contributed by atoms with Gasteiger partial charge in [-0.25, -0.2) is 0 Å². The van der Waals surface area contributed by atoms with Gasteiger partial charge in [0.15, 0.2) is 0 Å². The lowest BCUT2D eigenvalue weighted by atomic mass is 10.0. The Morgan fingerprint density at radius 2 is 1.62 bits per heavy atom. The van der Waals surface area contributed by atoms with Gasteiger partial charge < -0.3 is 20.1 Å². The third kappa shape index (κ3) is 6.64. The lowest BCUT2D eigenvalue weighted by Gasteiger charge is -2.16. The van der Waals surface area contributed by atoms with Crippen LogP contribution in [-0.2, 0) is 13.2 Å². The largest absolute Gasteiger partial charge is 0.494 e. The van der Waals surface area contributed by atoms with Gasteiger partial charge >= 0.3 is 0 Å². The molecule has 4 nitrogen and oxygen atoms in total. The Hall–Kier alpha value is -2.14. The van der Waals surface area contributed by atoms with Crippen LogP contribution < -0.4 is 4.74 Å². The van der Waals surface area contributed by atoms with Crippen molar-refractivity contribution in [3.8, 4) is 5.75 Å². The molecule has 2 aromatic rings. The van der Waals surface area contributed by atoms with Crippen LogP contribution in [0.3, 0.4) is 0 Å². The summed E-state index contributed by atoms with van der Waals surface area (Å²) in [5.41, 5.74) is 2.79. The van der Waals surface area contributed by atoms with E-state index in [2.05, 4.69) is 0 Å². The highest BCUT2D eigenvalue weighted by Crippen LogP contribution is 2.19. The third-order valence-electron chi connectivity index (χ3n) is 4.10. The quantitative estimate of drug-likeness (QED) is 0.472. The summed E-state index contributed by atoms with van der Waals surface area (Å²) in [6.07, 6.45) is 5.45. The summed E-state index contributed by atoms with van der Waals surface area (Å²) in [6.45, 7) is 4.00. The number of hydrogen-bond donors (Lipinski definition) is 3. The molecule has 0 radical (unpaired) electrons. The molecule has 0 saturated heterocycles. The molecule has 0 aliphatic rings. The fourth-order valence-corrected chi connectivity index (χ4v) is 2.65. The first kappa shape index (κ1) is 20.2. The van der Waals surface area contributed by atoms with Gasteiger partial charge in [0.05, 0.1) is 25.4 Å². The van der Waals surface area contributed by atoms with E-state index in [4.69, 9.17) is 4.74 Å². The molecular weight excluding hydrogens is 328 g/mol. The van der Waals surface area contributed by atoms with Gasteiger partial charge in [-0.3, -0.25) is 0 Å². The summed E-state index contributed by atoms with van der Waals surface area (Å²) in [7, 11) is 0. The molecule has 0 atom stereocenters. The van der Waals surface area contributed by atoms with Gasteiger partial charge in [0, 0.05) is 0 Å². The van der Waals surface area contributed by atoms with Crippen LogP contribution >= 0.6 is 0 Å². The van der Waals surface area contributed by atoms with E-state index in [1.54, 1.807) is 13.8 Å². The van der Waals surface area contributed by atoms with Crippen molar-refractivity contribution < 1.29 is 20.1 Å². The van der Waals surface area contributed by atoms with Gasteiger partial charge in [0.1, 0.15) is 5.75 Å². The highest BCUT2D eigenvalue weighted by molar-refractivity contribution is 5.70. The van der Waals surface area contributed by atoms with Crippen LogP contribution in [0.25, 0.3) is 12.2 Å². The first-order valence-corrected chi connectivity index (χ1v) is 8.88. The second-order valence-corrected chi connectivity index (χ2v) is 7.01.